The summed E-state index contributed by atoms with van der Waals surface area (Å²) in [6, 6.07) is 2.85. The number of hydrogen-bond donors (Lipinski definition) is 2. The van der Waals surface area contributed by atoms with Crippen molar-refractivity contribution in [3.63, 3.8) is 0 Å². The number of carbonyl (C=O) groups excluding carboxylic acids is 2. The first-order valence-electron chi connectivity index (χ1n) is 6.67. The topological polar surface area (TPSA) is 81.4 Å². The van der Waals surface area contributed by atoms with Crippen LogP contribution in [0.5, 0.6) is 5.75 Å². The first-order chi connectivity index (χ1) is 11.2. The number of rotatable bonds is 5. The van der Waals surface area contributed by atoms with Crippen molar-refractivity contribution in [3.8, 4) is 5.75 Å². The molecular weight excluding hydrogens is 395 g/mol. The predicted molar refractivity (Wildman–Crippen MR) is 97.9 cm³/mol. The molecule has 0 aliphatic heterocycles. The average Bonchev–Trinajstić information content (AvgIpc) is 2.76. The minimum atomic E-state index is -0.597. The lowest BCUT2D eigenvalue weighted by atomic mass is 10.1. The molecule has 0 bridgehead atoms. The molecule has 2 rings (SSSR count). The number of aryl methyl sites for hydroxylation is 1. The van der Waals surface area contributed by atoms with Crippen LogP contribution in [0.3, 0.4) is 0 Å². The van der Waals surface area contributed by atoms with Gasteiger partial charge < -0.3 is 15.8 Å². The Bertz CT molecular complexity index is 821. The van der Waals surface area contributed by atoms with Gasteiger partial charge in [-0.15, -0.1) is 11.3 Å². The third-order valence-corrected chi connectivity index (χ3v) is 5.36. The van der Waals surface area contributed by atoms with E-state index in [2.05, 4.69) is 5.32 Å². The summed E-state index contributed by atoms with van der Waals surface area (Å²) in [4.78, 5) is 24.5. The number of thiophene rings is 1. The molecule has 1 aromatic heterocycles. The number of carbonyl (C=O) groups is 2. The van der Waals surface area contributed by atoms with Crippen molar-refractivity contribution in [1.82, 2.24) is 0 Å². The maximum atomic E-state index is 12.1. The number of nitrogens with two attached hydrogens (primary N) is 1. The van der Waals surface area contributed by atoms with Crippen LogP contribution in [0.1, 0.15) is 20.8 Å². The summed E-state index contributed by atoms with van der Waals surface area (Å²) in [6.07, 6.45) is 0. The van der Waals surface area contributed by atoms with Gasteiger partial charge in [0.1, 0.15) is 10.8 Å². The average molecular weight is 408 g/mol. The van der Waals surface area contributed by atoms with Crippen LogP contribution in [0.2, 0.25) is 15.1 Å². The van der Waals surface area contributed by atoms with E-state index in [9.17, 15) is 9.59 Å². The van der Waals surface area contributed by atoms with Crippen LogP contribution in [-0.4, -0.2) is 18.4 Å². The molecule has 9 heteroatoms. The predicted octanol–water partition coefficient (Wildman–Crippen LogP) is 4.44. The van der Waals surface area contributed by atoms with Gasteiger partial charge in [0.05, 0.1) is 20.6 Å². The molecule has 0 atom stereocenters. The van der Waals surface area contributed by atoms with Crippen LogP contribution >= 0.6 is 46.1 Å². The van der Waals surface area contributed by atoms with Gasteiger partial charge in [-0.3, -0.25) is 9.59 Å². The Labute approximate surface area is 157 Å². The second-order valence-electron chi connectivity index (χ2n) is 4.89. The molecule has 1 aromatic carbocycles. The zero-order valence-corrected chi connectivity index (χ0v) is 15.8. The fourth-order valence-corrected chi connectivity index (χ4v) is 3.61. The number of benzene rings is 1. The second-order valence-corrected chi connectivity index (χ2v) is 7.33. The smallest absolute Gasteiger partial charge is 0.262 e. The monoisotopic (exact) mass is 406 g/mol. The van der Waals surface area contributed by atoms with Crippen molar-refractivity contribution in [2.24, 2.45) is 5.73 Å². The molecule has 24 heavy (non-hydrogen) atoms. The minimum Gasteiger partial charge on any atom is -0.482 e. The summed E-state index contributed by atoms with van der Waals surface area (Å²) in [7, 11) is 0. The highest BCUT2D eigenvalue weighted by Crippen LogP contribution is 2.34. The maximum absolute atomic E-state index is 12.1. The van der Waals surface area contributed by atoms with Gasteiger partial charge in [-0.25, -0.2) is 0 Å². The van der Waals surface area contributed by atoms with Crippen molar-refractivity contribution >= 4 is 63.0 Å². The summed E-state index contributed by atoms with van der Waals surface area (Å²) < 4.78 is 5.35. The highest BCUT2D eigenvalue weighted by molar-refractivity contribution is 7.16. The van der Waals surface area contributed by atoms with Crippen LogP contribution in [0.15, 0.2) is 12.1 Å². The molecule has 3 N–H and O–H groups in total. The van der Waals surface area contributed by atoms with E-state index in [0.29, 0.717) is 10.6 Å². The summed E-state index contributed by atoms with van der Waals surface area (Å²) in [5.41, 5.74) is 6.41. The molecule has 128 valence electrons. The zero-order valence-electron chi connectivity index (χ0n) is 12.7. The largest absolute Gasteiger partial charge is 0.482 e. The van der Waals surface area contributed by atoms with Gasteiger partial charge in [-0.2, -0.15) is 0 Å². The molecule has 0 saturated heterocycles. The summed E-state index contributed by atoms with van der Waals surface area (Å²) >= 11 is 19.0. The molecule has 2 aromatic rings. The van der Waals surface area contributed by atoms with Crippen molar-refractivity contribution in [2.75, 3.05) is 11.9 Å². The number of amides is 2. The lowest BCUT2D eigenvalue weighted by Gasteiger charge is -2.10. The third-order valence-electron chi connectivity index (χ3n) is 3.22. The standard InChI is InChI=1S/C15H13Cl3N2O3S/c1-6-7(2)24-15(13(6)14(19)22)20-12(21)5-23-11-4-9(17)8(16)3-10(11)18/h3-4H,5H2,1-2H3,(H2,19,22)(H,20,21). The fraction of sp³-hybridized carbons (Fsp3) is 0.200. The molecule has 0 aliphatic rings. The number of hydrogen-bond acceptors (Lipinski definition) is 4. The Kier molecular flexibility index (Phi) is 5.98. The van der Waals surface area contributed by atoms with Gasteiger partial charge in [0.25, 0.3) is 11.8 Å². The Hall–Kier alpha value is -1.47. The molecule has 0 fully saturated rings. The number of nitrogens with one attached hydrogen (secondary N) is 1. The molecule has 0 spiro atoms. The van der Waals surface area contributed by atoms with E-state index >= 15 is 0 Å². The van der Waals surface area contributed by atoms with Gasteiger partial charge in [0, 0.05) is 10.9 Å². The molecular formula is C15H13Cl3N2O3S. The summed E-state index contributed by atoms with van der Waals surface area (Å²) in [5, 5.41) is 3.80. The third kappa shape index (κ3) is 4.13. The minimum absolute atomic E-state index is 0.231. The molecule has 2 amide bonds. The van der Waals surface area contributed by atoms with Gasteiger partial charge >= 0.3 is 0 Å². The van der Waals surface area contributed by atoms with Crippen molar-refractivity contribution in [2.45, 2.75) is 13.8 Å². The van der Waals surface area contributed by atoms with E-state index < -0.39 is 11.8 Å². The van der Waals surface area contributed by atoms with E-state index in [1.54, 1.807) is 6.92 Å². The normalized spacial score (nSPS) is 10.5. The van der Waals surface area contributed by atoms with E-state index in [1.165, 1.54) is 23.5 Å². The lowest BCUT2D eigenvalue weighted by Crippen LogP contribution is -2.22. The van der Waals surface area contributed by atoms with Gasteiger partial charge in [-0.05, 0) is 25.5 Å². The van der Waals surface area contributed by atoms with Gasteiger partial charge in [-0.1, -0.05) is 34.8 Å². The highest BCUT2D eigenvalue weighted by Gasteiger charge is 2.19. The van der Waals surface area contributed by atoms with Gasteiger partial charge in [0.15, 0.2) is 6.61 Å². The van der Waals surface area contributed by atoms with E-state index in [-0.39, 0.29) is 27.4 Å². The fourth-order valence-electron chi connectivity index (χ4n) is 1.93. The number of primary amides is 1. The molecule has 5 nitrogen and oxygen atoms in total. The molecule has 0 aliphatic carbocycles. The summed E-state index contributed by atoms with van der Waals surface area (Å²) in [6.45, 7) is 3.30. The number of halogens is 3. The highest BCUT2D eigenvalue weighted by atomic mass is 35.5. The van der Waals surface area contributed by atoms with Crippen LogP contribution in [-0.2, 0) is 4.79 Å². The second kappa shape index (κ2) is 7.61. The molecule has 0 unspecified atom stereocenters. The number of anilines is 1. The Balaban J connectivity index is 2.09. The first kappa shape index (κ1) is 18.9. The molecule has 0 radical (unpaired) electrons. The molecule has 0 saturated carbocycles. The first-order valence-corrected chi connectivity index (χ1v) is 8.62. The van der Waals surface area contributed by atoms with E-state index in [4.69, 9.17) is 45.3 Å². The maximum Gasteiger partial charge on any atom is 0.262 e. The van der Waals surface area contributed by atoms with E-state index in [0.717, 1.165) is 10.4 Å². The SMILES string of the molecule is Cc1sc(NC(=O)COc2cc(Cl)c(Cl)cc2Cl)c(C(N)=O)c1C. The Morgan fingerprint density at radius 2 is 1.79 bits per heavy atom. The van der Waals surface area contributed by atoms with Crippen molar-refractivity contribution in [1.29, 1.82) is 0 Å². The summed E-state index contributed by atoms with van der Waals surface area (Å²) in [5.74, 6) is -0.823. The van der Waals surface area contributed by atoms with Crippen molar-refractivity contribution in [3.05, 3.63) is 43.2 Å². The zero-order chi connectivity index (χ0) is 18.0. The van der Waals surface area contributed by atoms with Crippen LogP contribution in [0.4, 0.5) is 5.00 Å². The molecule has 1 heterocycles. The van der Waals surface area contributed by atoms with Crippen molar-refractivity contribution < 1.29 is 14.3 Å². The van der Waals surface area contributed by atoms with Crippen LogP contribution < -0.4 is 15.8 Å². The van der Waals surface area contributed by atoms with Gasteiger partial charge in [0.2, 0.25) is 0 Å². The number of ether oxygens (including phenoxy) is 1. The van der Waals surface area contributed by atoms with E-state index in [1.807, 2.05) is 6.92 Å². The van der Waals surface area contributed by atoms with Crippen LogP contribution in [0.25, 0.3) is 0 Å². The quantitative estimate of drug-likeness (QED) is 0.719. The van der Waals surface area contributed by atoms with Crippen LogP contribution in [0, 0.1) is 13.8 Å². The Morgan fingerprint density at radius 1 is 1.17 bits per heavy atom. The lowest BCUT2D eigenvalue weighted by molar-refractivity contribution is -0.118. The Morgan fingerprint density at radius 3 is 2.42 bits per heavy atom.